The van der Waals surface area contributed by atoms with E-state index >= 15 is 0 Å². The van der Waals surface area contributed by atoms with Crippen LogP contribution in [0.3, 0.4) is 0 Å². The van der Waals surface area contributed by atoms with Crippen LogP contribution in [-0.2, 0) is 21.4 Å². The summed E-state index contributed by atoms with van der Waals surface area (Å²) in [5.74, 6) is 2.64. The Morgan fingerprint density at radius 1 is 1.30 bits per heavy atom. The number of ketones is 1. The van der Waals surface area contributed by atoms with Crippen LogP contribution in [0.25, 0.3) is 0 Å². The predicted octanol–water partition coefficient (Wildman–Crippen LogP) is 2.63. The Bertz CT molecular complexity index is 860. The molecule has 4 atom stereocenters. The number of methoxy groups -OCH3 is 1. The Morgan fingerprint density at radius 2 is 2.15 bits per heavy atom. The molecule has 1 amide bonds. The van der Waals surface area contributed by atoms with Crippen molar-refractivity contribution < 1.29 is 19.1 Å². The molecule has 3 fully saturated rings. The van der Waals surface area contributed by atoms with Crippen molar-refractivity contribution in [2.24, 2.45) is 11.8 Å². The molecule has 1 spiro atoms. The summed E-state index contributed by atoms with van der Waals surface area (Å²) in [4.78, 5) is 28.2. The number of likely N-dealkylation sites (tertiary alicyclic amines) is 1. The van der Waals surface area contributed by atoms with Crippen LogP contribution >= 0.6 is 0 Å². The topological polar surface area (TPSA) is 55.8 Å². The van der Waals surface area contributed by atoms with Crippen LogP contribution in [0.15, 0.2) is 12.1 Å². The number of amides is 1. The van der Waals surface area contributed by atoms with Crippen molar-refractivity contribution in [3.05, 3.63) is 23.3 Å². The van der Waals surface area contributed by atoms with E-state index < -0.39 is 6.10 Å². The second-order valence-corrected chi connectivity index (χ2v) is 8.96. The first kappa shape index (κ1) is 16.0. The normalized spacial score (nSPS) is 36.0. The summed E-state index contributed by atoms with van der Waals surface area (Å²) in [5.41, 5.74) is 2.21. The second-order valence-electron chi connectivity index (χ2n) is 8.96. The van der Waals surface area contributed by atoms with Gasteiger partial charge in [-0.1, -0.05) is 12.5 Å². The lowest BCUT2D eigenvalue weighted by Crippen LogP contribution is -2.67. The lowest BCUT2D eigenvalue weighted by atomic mass is 9.51. The maximum Gasteiger partial charge on any atom is 0.225 e. The highest BCUT2D eigenvalue weighted by atomic mass is 16.5. The molecule has 3 aliphatic carbocycles. The molecule has 0 N–H and O–H groups in total. The monoisotopic (exact) mass is 367 g/mol. The quantitative estimate of drug-likeness (QED) is 0.806. The van der Waals surface area contributed by atoms with E-state index in [-0.39, 0.29) is 23.2 Å². The van der Waals surface area contributed by atoms with Crippen molar-refractivity contribution in [3.8, 4) is 11.5 Å². The molecule has 5 nitrogen and oxygen atoms in total. The number of carbonyl (C=O) groups excluding carboxylic acids is 2. The number of piperidine rings is 1. The smallest absolute Gasteiger partial charge is 0.225 e. The predicted molar refractivity (Wildman–Crippen MR) is 98.0 cm³/mol. The van der Waals surface area contributed by atoms with Gasteiger partial charge in [0.25, 0.3) is 0 Å². The van der Waals surface area contributed by atoms with E-state index in [1.54, 1.807) is 7.11 Å². The average Bonchev–Trinajstić information content (AvgIpc) is 2.96. The van der Waals surface area contributed by atoms with Gasteiger partial charge in [0.2, 0.25) is 5.91 Å². The fourth-order valence-electron chi connectivity index (χ4n) is 6.64. The standard InChI is InChI=1S/C22H25NO4/c1-26-17-8-5-13-11-15-14-6-7-16(24)20-22(14,18(13)19(17)27-20)9-10-23(15)21(25)12-3-2-4-12/h5,8,12,14-15,20H,2-4,6-7,9-11H2,1H3/t14-,15+,20-,22-/m1/s1. The van der Waals surface area contributed by atoms with E-state index in [4.69, 9.17) is 9.47 Å². The van der Waals surface area contributed by atoms with Crippen molar-refractivity contribution >= 4 is 11.7 Å². The minimum atomic E-state index is -0.398. The number of nitrogens with zero attached hydrogens (tertiary/aromatic N) is 1. The molecule has 1 aromatic carbocycles. The Morgan fingerprint density at radius 3 is 2.89 bits per heavy atom. The lowest BCUT2D eigenvalue weighted by molar-refractivity contribution is -0.153. The molecule has 5 aliphatic rings. The van der Waals surface area contributed by atoms with Gasteiger partial charge in [-0.05, 0) is 49.7 Å². The molecule has 0 radical (unpaired) electrons. The Hall–Kier alpha value is -2.04. The third kappa shape index (κ3) is 1.81. The number of hydrogen-bond acceptors (Lipinski definition) is 4. The van der Waals surface area contributed by atoms with Crippen LogP contribution in [-0.4, -0.2) is 42.4 Å². The minimum Gasteiger partial charge on any atom is -0.493 e. The molecule has 2 bridgehead atoms. The molecular formula is C22H25NO4. The van der Waals surface area contributed by atoms with Gasteiger partial charge in [0.1, 0.15) is 0 Å². The molecule has 0 aromatic heterocycles. The summed E-state index contributed by atoms with van der Waals surface area (Å²) < 4.78 is 11.9. The highest BCUT2D eigenvalue weighted by molar-refractivity contribution is 5.89. The van der Waals surface area contributed by atoms with Gasteiger partial charge in [0.05, 0.1) is 12.5 Å². The van der Waals surface area contributed by atoms with Crippen LogP contribution < -0.4 is 9.47 Å². The van der Waals surface area contributed by atoms with Gasteiger partial charge in [-0.2, -0.15) is 0 Å². The first-order chi connectivity index (χ1) is 13.1. The SMILES string of the molecule is COc1ccc2c3c1O[C@@H]1C(=O)CC[C@@H]4[C@H](C2)N(C(=O)C2CCC2)CC[C@@]314. The van der Waals surface area contributed by atoms with Gasteiger partial charge in [-0.25, -0.2) is 0 Å². The number of Topliss-reactive ketones (excluding diaryl/α,β-unsaturated/α-hetero) is 1. The van der Waals surface area contributed by atoms with E-state index in [9.17, 15) is 9.59 Å². The summed E-state index contributed by atoms with van der Waals surface area (Å²) in [6.07, 6.45) is 6.00. The van der Waals surface area contributed by atoms with Crippen LogP contribution in [0.2, 0.25) is 0 Å². The van der Waals surface area contributed by atoms with E-state index in [0.717, 1.165) is 50.1 Å². The molecule has 1 saturated heterocycles. The second kappa shape index (κ2) is 5.27. The van der Waals surface area contributed by atoms with Crippen LogP contribution in [0.5, 0.6) is 11.5 Å². The van der Waals surface area contributed by atoms with Gasteiger partial charge >= 0.3 is 0 Å². The van der Waals surface area contributed by atoms with Crippen molar-refractivity contribution in [1.29, 1.82) is 0 Å². The zero-order chi connectivity index (χ0) is 18.3. The van der Waals surface area contributed by atoms with Crippen molar-refractivity contribution in [2.75, 3.05) is 13.7 Å². The molecule has 142 valence electrons. The molecule has 2 aliphatic heterocycles. The highest BCUT2D eigenvalue weighted by Crippen LogP contribution is 2.63. The van der Waals surface area contributed by atoms with Gasteiger partial charge in [-0.3, -0.25) is 9.59 Å². The number of benzene rings is 1. The fraction of sp³-hybridized carbons (Fsp3) is 0.636. The van der Waals surface area contributed by atoms with Gasteiger partial charge in [-0.15, -0.1) is 0 Å². The third-order valence-corrected chi connectivity index (χ3v) is 8.05. The summed E-state index contributed by atoms with van der Waals surface area (Å²) in [6.45, 7) is 0.750. The maximum absolute atomic E-state index is 13.1. The largest absolute Gasteiger partial charge is 0.493 e. The van der Waals surface area contributed by atoms with E-state index in [0.29, 0.717) is 18.2 Å². The Labute approximate surface area is 159 Å². The van der Waals surface area contributed by atoms with Gasteiger partial charge < -0.3 is 14.4 Å². The molecular weight excluding hydrogens is 342 g/mol. The van der Waals surface area contributed by atoms with Crippen LogP contribution in [0, 0.1) is 11.8 Å². The van der Waals surface area contributed by atoms with Crippen LogP contribution in [0.1, 0.15) is 49.7 Å². The zero-order valence-corrected chi connectivity index (χ0v) is 15.7. The number of rotatable bonds is 2. The minimum absolute atomic E-state index is 0.206. The molecule has 1 aromatic rings. The van der Waals surface area contributed by atoms with E-state index in [1.165, 1.54) is 17.5 Å². The molecule has 27 heavy (non-hydrogen) atoms. The summed E-state index contributed by atoms with van der Waals surface area (Å²) in [6, 6.07) is 4.30. The first-order valence-electron chi connectivity index (χ1n) is 10.4. The molecule has 2 heterocycles. The fourth-order valence-corrected chi connectivity index (χ4v) is 6.64. The molecule has 0 unspecified atom stereocenters. The lowest BCUT2D eigenvalue weighted by Gasteiger charge is -2.58. The Kier molecular flexibility index (Phi) is 3.12. The van der Waals surface area contributed by atoms with Crippen LogP contribution in [0.4, 0.5) is 0 Å². The summed E-state index contributed by atoms with van der Waals surface area (Å²) in [5, 5.41) is 0. The molecule has 2 saturated carbocycles. The Balaban J connectivity index is 1.50. The molecule has 6 rings (SSSR count). The van der Waals surface area contributed by atoms with Crippen molar-refractivity contribution in [3.63, 3.8) is 0 Å². The highest BCUT2D eigenvalue weighted by Gasteiger charge is 2.66. The summed E-state index contributed by atoms with van der Waals surface area (Å²) >= 11 is 0. The van der Waals surface area contributed by atoms with Crippen molar-refractivity contribution in [1.82, 2.24) is 4.90 Å². The maximum atomic E-state index is 13.1. The number of ether oxygens (including phenoxy) is 2. The summed E-state index contributed by atoms with van der Waals surface area (Å²) in [7, 11) is 1.66. The molecule has 5 heteroatoms. The third-order valence-electron chi connectivity index (χ3n) is 8.05. The first-order valence-corrected chi connectivity index (χ1v) is 10.4. The number of carbonyl (C=O) groups is 2. The van der Waals surface area contributed by atoms with Gasteiger partial charge in [0, 0.05) is 30.5 Å². The number of hydrogen-bond donors (Lipinski definition) is 0. The van der Waals surface area contributed by atoms with Gasteiger partial charge in [0.15, 0.2) is 23.4 Å². The van der Waals surface area contributed by atoms with Crippen molar-refractivity contribution in [2.45, 2.75) is 62.5 Å². The zero-order valence-electron chi connectivity index (χ0n) is 15.7. The van der Waals surface area contributed by atoms with E-state index in [1.807, 2.05) is 6.07 Å². The van der Waals surface area contributed by atoms with E-state index in [2.05, 4.69) is 11.0 Å². The average molecular weight is 367 g/mol.